The maximum Gasteiger partial charge on any atom is 0.211 e. The minimum atomic E-state index is -3.18. The molecule has 0 amide bonds. The fraction of sp³-hybridized carbons (Fsp3) is 0.450. The summed E-state index contributed by atoms with van der Waals surface area (Å²) in [6.45, 7) is 1.78. The van der Waals surface area contributed by atoms with Gasteiger partial charge < -0.3 is 10.1 Å². The molecule has 0 radical (unpaired) electrons. The highest BCUT2D eigenvalue weighted by molar-refractivity contribution is 7.88. The Labute approximate surface area is 179 Å². The Morgan fingerprint density at radius 2 is 2.10 bits per heavy atom. The molecule has 31 heavy (non-hydrogen) atoms. The monoisotopic (exact) mass is 446 g/mol. The molecule has 3 aromatic rings. The van der Waals surface area contributed by atoms with Crippen LogP contribution in [-0.4, -0.2) is 58.3 Å². The van der Waals surface area contributed by atoms with Gasteiger partial charge in [-0.25, -0.2) is 22.1 Å². The van der Waals surface area contributed by atoms with E-state index in [0.717, 1.165) is 16.9 Å². The first-order valence-electron chi connectivity index (χ1n) is 10.2. The van der Waals surface area contributed by atoms with Crippen LogP contribution in [0.5, 0.6) is 5.75 Å². The molecule has 0 atom stereocenters. The zero-order valence-electron chi connectivity index (χ0n) is 17.1. The molecule has 2 aliphatic heterocycles. The van der Waals surface area contributed by atoms with Crippen LogP contribution >= 0.6 is 0 Å². The van der Waals surface area contributed by atoms with E-state index >= 15 is 0 Å². The normalized spacial score (nSPS) is 17.6. The number of benzene rings is 1. The van der Waals surface area contributed by atoms with Gasteiger partial charge in [0, 0.05) is 48.9 Å². The van der Waals surface area contributed by atoms with Crippen molar-refractivity contribution in [2.75, 3.05) is 31.3 Å². The number of aromatic nitrogens is 4. The van der Waals surface area contributed by atoms with Gasteiger partial charge in [-0.1, -0.05) is 0 Å². The Hall–Kier alpha value is -2.79. The van der Waals surface area contributed by atoms with Gasteiger partial charge in [-0.05, 0) is 30.9 Å². The second-order valence-corrected chi connectivity index (χ2v) is 9.94. The smallest absolute Gasteiger partial charge is 0.211 e. The summed E-state index contributed by atoms with van der Waals surface area (Å²) in [6, 6.07) is 3.09. The average Bonchev–Trinajstić information content (AvgIpc) is 3.42. The summed E-state index contributed by atoms with van der Waals surface area (Å²) in [7, 11) is -3.18. The van der Waals surface area contributed by atoms with Gasteiger partial charge in [0.15, 0.2) is 5.65 Å². The molecule has 2 aromatic heterocycles. The van der Waals surface area contributed by atoms with E-state index in [1.165, 1.54) is 16.6 Å². The molecule has 4 heterocycles. The number of halogens is 1. The van der Waals surface area contributed by atoms with Crippen molar-refractivity contribution in [2.24, 2.45) is 0 Å². The molecule has 9 nitrogen and oxygen atoms in total. The predicted octanol–water partition coefficient (Wildman–Crippen LogP) is 1.95. The molecule has 0 bridgehead atoms. The Bertz CT molecular complexity index is 1240. The summed E-state index contributed by atoms with van der Waals surface area (Å²) in [4.78, 5) is 4.55. The lowest BCUT2D eigenvalue weighted by atomic mass is 9.92. The standard InChI is InChI=1S/C20H23FN6O3S/c1-31(28,29)26-7-4-13(5-8-26)15-10-22-20(27-12-24-25-19(15)27)23-11-16-14-6-9-30-18(14)3-2-17(16)21/h2-3,10,12-13H,4-9,11H2,1H3,(H,22,23). The van der Waals surface area contributed by atoms with Crippen molar-refractivity contribution in [3.63, 3.8) is 0 Å². The molecular formula is C20H23FN6O3S. The van der Waals surface area contributed by atoms with Crippen molar-refractivity contribution in [3.05, 3.63) is 47.2 Å². The zero-order valence-corrected chi connectivity index (χ0v) is 17.9. The molecule has 0 spiro atoms. The van der Waals surface area contributed by atoms with E-state index < -0.39 is 10.0 Å². The third kappa shape index (κ3) is 3.72. The Balaban J connectivity index is 1.37. The van der Waals surface area contributed by atoms with Gasteiger partial charge in [-0.15, -0.1) is 10.2 Å². The molecule has 5 rings (SSSR count). The molecular weight excluding hydrogens is 423 g/mol. The third-order valence-electron chi connectivity index (χ3n) is 6.09. The van der Waals surface area contributed by atoms with Crippen LogP contribution in [0.1, 0.15) is 35.4 Å². The molecule has 2 aliphatic rings. The first-order chi connectivity index (χ1) is 14.9. The van der Waals surface area contributed by atoms with Gasteiger partial charge in [0.25, 0.3) is 0 Å². The van der Waals surface area contributed by atoms with Gasteiger partial charge >= 0.3 is 0 Å². The lowest BCUT2D eigenvalue weighted by Crippen LogP contribution is -2.37. The number of fused-ring (bicyclic) bond motifs is 2. The van der Waals surface area contributed by atoms with Crippen LogP contribution in [0, 0.1) is 5.82 Å². The van der Waals surface area contributed by atoms with E-state index in [4.69, 9.17) is 4.74 Å². The van der Waals surface area contributed by atoms with Gasteiger partial charge in [0.2, 0.25) is 16.0 Å². The first kappa shape index (κ1) is 20.1. The quantitative estimate of drug-likeness (QED) is 0.639. The van der Waals surface area contributed by atoms with Crippen LogP contribution in [0.2, 0.25) is 0 Å². The van der Waals surface area contributed by atoms with Crippen LogP contribution in [-0.2, 0) is 23.0 Å². The van der Waals surface area contributed by atoms with E-state index in [9.17, 15) is 12.8 Å². The van der Waals surface area contributed by atoms with Crippen LogP contribution in [0.15, 0.2) is 24.7 Å². The molecule has 0 aliphatic carbocycles. The number of rotatable bonds is 5. The number of ether oxygens (including phenoxy) is 1. The minimum Gasteiger partial charge on any atom is -0.493 e. The summed E-state index contributed by atoms with van der Waals surface area (Å²) >= 11 is 0. The molecule has 1 aromatic carbocycles. The van der Waals surface area contributed by atoms with Crippen LogP contribution in [0.25, 0.3) is 5.65 Å². The summed E-state index contributed by atoms with van der Waals surface area (Å²) < 4.78 is 46.8. The maximum atomic E-state index is 14.4. The molecule has 164 valence electrons. The van der Waals surface area contributed by atoms with Gasteiger partial charge in [0.05, 0.1) is 12.9 Å². The number of hydrogen-bond donors (Lipinski definition) is 1. The van der Waals surface area contributed by atoms with E-state index in [0.29, 0.717) is 56.1 Å². The van der Waals surface area contributed by atoms with Gasteiger partial charge in [-0.2, -0.15) is 0 Å². The molecule has 1 saturated heterocycles. The first-order valence-corrected chi connectivity index (χ1v) is 12.1. The Morgan fingerprint density at radius 1 is 1.29 bits per heavy atom. The van der Waals surface area contributed by atoms with Gasteiger partial charge in [-0.3, -0.25) is 4.40 Å². The van der Waals surface area contributed by atoms with Crippen LogP contribution in [0.3, 0.4) is 0 Å². The number of anilines is 1. The SMILES string of the molecule is CS(=O)(=O)N1CCC(c2cnc(NCc3c(F)ccc4c3CCO4)n3cnnc23)CC1. The van der Waals surface area contributed by atoms with E-state index in [2.05, 4.69) is 20.5 Å². The molecule has 0 unspecified atom stereocenters. The van der Waals surface area contributed by atoms with Crippen LogP contribution in [0.4, 0.5) is 10.3 Å². The second-order valence-electron chi connectivity index (χ2n) is 7.95. The molecule has 11 heteroatoms. The van der Waals surface area contributed by atoms with Crippen molar-refractivity contribution in [2.45, 2.75) is 31.7 Å². The summed E-state index contributed by atoms with van der Waals surface area (Å²) in [6.07, 6.45) is 6.67. The number of piperidine rings is 1. The molecule has 1 fully saturated rings. The highest BCUT2D eigenvalue weighted by Gasteiger charge is 2.28. The molecule has 1 N–H and O–H groups in total. The highest BCUT2D eigenvalue weighted by atomic mass is 32.2. The number of nitrogens with zero attached hydrogens (tertiary/aromatic N) is 5. The second kappa shape index (κ2) is 7.72. The van der Waals surface area contributed by atoms with Gasteiger partial charge in [0.1, 0.15) is 17.9 Å². The lowest BCUT2D eigenvalue weighted by molar-refractivity contribution is 0.321. The Morgan fingerprint density at radius 3 is 2.87 bits per heavy atom. The fourth-order valence-electron chi connectivity index (χ4n) is 4.43. The third-order valence-corrected chi connectivity index (χ3v) is 7.39. The highest BCUT2D eigenvalue weighted by Crippen LogP contribution is 2.33. The Kier molecular flexibility index (Phi) is 5.01. The average molecular weight is 447 g/mol. The maximum absolute atomic E-state index is 14.4. The largest absolute Gasteiger partial charge is 0.493 e. The van der Waals surface area contributed by atoms with E-state index in [1.807, 2.05) is 0 Å². The van der Waals surface area contributed by atoms with Crippen molar-refractivity contribution in [1.82, 2.24) is 23.9 Å². The number of sulfonamides is 1. The van der Waals surface area contributed by atoms with Crippen molar-refractivity contribution >= 4 is 21.6 Å². The number of hydrogen-bond acceptors (Lipinski definition) is 7. The van der Waals surface area contributed by atoms with E-state index in [1.54, 1.807) is 23.0 Å². The lowest BCUT2D eigenvalue weighted by Gasteiger charge is -2.30. The summed E-state index contributed by atoms with van der Waals surface area (Å²) in [5.41, 5.74) is 3.09. The van der Waals surface area contributed by atoms with Crippen LogP contribution < -0.4 is 10.1 Å². The predicted molar refractivity (Wildman–Crippen MR) is 112 cm³/mol. The van der Waals surface area contributed by atoms with Crippen molar-refractivity contribution in [3.8, 4) is 5.75 Å². The minimum absolute atomic E-state index is 0.151. The van der Waals surface area contributed by atoms with Crippen molar-refractivity contribution in [1.29, 1.82) is 0 Å². The number of nitrogens with one attached hydrogen (secondary N) is 1. The topological polar surface area (TPSA) is 102 Å². The van der Waals surface area contributed by atoms with Crippen molar-refractivity contribution < 1.29 is 17.5 Å². The summed E-state index contributed by atoms with van der Waals surface area (Å²) in [5.74, 6) is 1.13. The fourth-order valence-corrected chi connectivity index (χ4v) is 5.30. The zero-order chi connectivity index (χ0) is 21.6. The molecule has 0 saturated carbocycles. The summed E-state index contributed by atoms with van der Waals surface area (Å²) in [5, 5.41) is 11.5. The van der Waals surface area contributed by atoms with E-state index in [-0.39, 0.29) is 18.3 Å².